The fraction of sp³-hybridized carbons (Fsp3) is 0.269. The normalized spacial score (nSPS) is 16.6. The second-order valence-electron chi connectivity index (χ2n) is 8.00. The van der Waals surface area contributed by atoms with Crippen molar-refractivity contribution in [2.45, 2.75) is 25.7 Å². The summed E-state index contributed by atoms with van der Waals surface area (Å²) in [6, 6.07) is 22.1. The molecule has 0 spiro atoms. The Morgan fingerprint density at radius 2 is 1.50 bits per heavy atom. The zero-order valence-electron chi connectivity index (χ0n) is 17.9. The lowest BCUT2D eigenvalue weighted by Gasteiger charge is -2.20. The maximum atomic E-state index is 13.3. The van der Waals surface area contributed by atoms with Gasteiger partial charge in [-0.3, -0.25) is 4.79 Å². The van der Waals surface area contributed by atoms with E-state index in [9.17, 15) is 4.79 Å². The number of ether oxygens (including phenoxy) is 2. The van der Waals surface area contributed by atoms with Crippen LogP contribution >= 0.6 is 0 Å². The summed E-state index contributed by atoms with van der Waals surface area (Å²) in [5.74, 6) is 1.44. The number of aryl methyl sites for hydroxylation is 2. The molecule has 1 amide bonds. The first-order chi connectivity index (χ1) is 14.5. The summed E-state index contributed by atoms with van der Waals surface area (Å²) >= 11 is 0. The molecule has 0 radical (unpaired) electrons. The minimum Gasteiger partial charge on any atom is -0.497 e. The second kappa shape index (κ2) is 7.86. The summed E-state index contributed by atoms with van der Waals surface area (Å²) in [6.45, 7) is 4.04. The van der Waals surface area contributed by atoms with E-state index in [0.29, 0.717) is 0 Å². The molecule has 1 aliphatic rings. The van der Waals surface area contributed by atoms with Gasteiger partial charge in [-0.1, -0.05) is 36.4 Å². The van der Waals surface area contributed by atoms with Gasteiger partial charge >= 0.3 is 0 Å². The van der Waals surface area contributed by atoms with Crippen LogP contribution in [-0.2, 0) is 10.2 Å². The number of hydrogen-bond acceptors (Lipinski definition) is 3. The molecule has 0 saturated heterocycles. The van der Waals surface area contributed by atoms with Gasteiger partial charge in [0.2, 0.25) is 5.91 Å². The molecule has 1 unspecified atom stereocenters. The zero-order chi connectivity index (χ0) is 21.3. The quantitative estimate of drug-likeness (QED) is 0.612. The number of methoxy groups -OCH3 is 2. The molecule has 0 aromatic heterocycles. The van der Waals surface area contributed by atoms with E-state index in [-0.39, 0.29) is 11.8 Å². The van der Waals surface area contributed by atoms with Gasteiger partial charge in [-0.25, -0.2) is 0 Å². The highest BCUT2D eigenvalue weighted by Crippen LogP contribution is 2.60. The molecule has 1 N–H and O–H groups in total. The fourth-order valence-corrected chi connectivity index (χ4v) is 4.28. The number of benzene rings is 3. The van der Waals surface area contributed by atoms with Crippen LogP contribution < -0.4 is 14.8 Å². The van der Waals surface area contributed by atoms with Crippen molar-refractivity contribution >= 4 is 11.6 Å². The molecule has 1 atom stereocenters. The van der Waals surface area contributed by atoms with E-state index in [4.69, 9.17) is 9.47 Å². The molecule has 0 aliphatic heterocycles. The number of nitrogens with one attached hydrogen (secondary N) is 1. The van der Waals surface area contributed by atoms with Crippen molar-refractivity contribution in [1.29, 1.82) is 0 Å². The van der Waals surface area contributed by atoms with E-state index in [1.54, 1.807) is 14.2 Å². The maximum Gasteiger partial charge on any atom is 0.228 e. The highest BCUT2D eigenvalue weighted by atomic mass is 16.5. The number of rotatable bonds is 6. The predicted octanol–water partition coefficient (Wildman–Crippen LogP) is 5.27. The molecule has 4 heteroatoms. The SMILES string of the molecule is COc1cccc(C2(c3cccc(OC)c3)CC2C(=O)Nc2cc(C)ccc2C)c1. The van der Waals surface area contributed by atoms with E-state index < -0.39 is 5.41 Å². The third-order valence-electron chi connectivity index (χ3n) is 6.10. The number of anilines is 1. The van der Waals surface area contributed by atoms with Crippen LogP contribution in [0.25, 0.3) is 0 Å². The lowest BCUT2D eigenvalue weighted by molar-refractivity contribution is -0.117. The van der Waals surface area contributed by atoms with Gasteiger partial charge in [0.05, 0.1) is 20.1 Å². The summed E-state index contributed by atoms with van der Waals surface area (Å²) in [5, 5.41) is 3.16. The van der Waals surface area contributed by atoms with Crippen LogP contribution in [0.5, 0.6) is 11.5 Å². The third kappa shape index (κ3) is 3.54. The van der Waals surface area contributed by atoms with Crippen molar-refractivity contribution in [2.24, 2.45) is 5.92 Å². The number of carbonyl (C=O) groups excluding carboxylic acids is 1. The van der Waals surface area contributed by atoms with Gasteiger partial charge in [-0.15, -0.1) is 0 Å². The maximum absolute atomic E-state index is 13.3. The lowest BCUT2D eigenvalue weighted by atomic mass is 9.85. The summed E-state index contributed by atoms with van der Waals surface area (Å²) in [7, 11) is 3.32. The van der Waals surface area contributed by atoms with Crippen molar-refractivity contribution in [3.05, 3.63) is 89.0 Å². The minimum atomic E-state index is -0.398. The Balaban J connectivity index is 1.72. The monoisotopic (exact) mass is 401 g/mol. The van der Waals surface area contributed by atoms with Gasteiger partial charge in [0.15, 0.2) is 0 Å². The summed E-state index contributed by atoms with van der Waals surface area (Å²) in [6.07, 6.45) is 0.740. The van der Waals surface area contributed by atoms with E-state index in [1.165, 1.54) is 0 Å². The van der Waals surface area contributed by atoms with Crippen molar-refractivity contribution in [3.8, 4) is 11.5 Å². The van der Waals surface area contributed by atoms with Crippen LogP contribution in [0.3, 0.4) is 0 Å². The molecule has 30 heavy (non-hydrogen) atoms. The van der Waals surface area contributed by atoms with Crippen molar-refractivity contribution in [1.82, 2.24) is 0 Å². The van der Waals surface area contributed by atoms with Crippen LogP contribution in [0.2, 0.25) is 0 Å². The van der Waals surface area contributed by atoms with E-state index in [1.807, 2.05) is 62.4 Å². The Hall–Kier alpha value is -3.27. The number of carbonyl (C=O) groups is 1. The van der Waals surface area contributed by atoms with Gasteiger partial charge in [-0.05, 0) is 72.9 Å². The molecule has 0 bridgehead atoms. The Morgan fingerprint density at radius 3 is 2.07 bits per heavy atom. The lowest BCUT2D eigenvalue weighted by Crippen LogP contribution is -2.22. The molecular formula is C26H27NO3. The van der Waals surface area contributed by atoms with Crippen LogP contribution in [0.1, 0.15) is 28.7 Å². The smallest absolute Gasteiger partial charge is 0.228 e. The molecule has 154 valence electrons. The molecule has 1 aliphatic carbocycles. The molecule has 3 aromatic carbocycles. The second-order valence-corrected chi connectivity index (χ2v) is 8.00. The summed E-state index contributed by atoms with van der Waals surface area (Å²) < 4.78 is 10.9. The standard InChI is InChI=1S/C26H27NO3/c1-17-11-12-18(2)24(13-17)27-25(28)23-16-26(23,19-7-5-9-21(14-19)29-3)20-8-6-10-22(15-20)30-4/h5-15,23H,16H2,1-4H3,(H,27,28). The number of hydrogen-bond donors (Lipinski definition) is 1. The zero-order valence-corrected chi connectivity index (χ0v) is 17.9. The Morgan fingerprint density at radius 1 is 0.900 bits per heavy atom. The third-order valence-corrected chi connectivity index (χ3v) is 6.10. The van der Waals surface area contributed by atoms with Crippen molar-refractivity contribution in [3.63, 3.8) is 0 Å². The minimum absolute atomic E-state index is 0.0364. The molecule has 4 nitrogen and oxygen atoms in total. The topological polar surface area (TPSA) is 47.6 Å². The van der Waals surface area contributed by atoms with Gasteiger partial charge in [-0.2, -0.15) is 0 Å². The van der Waals surface area contributed by atoms with Crippen LogP contribution in [-0.4, -0.2) is 20.1 Å². The van der Waals surface area contributed by atoms with Gasteiger partial charge in [0.1, 0.15) is 11.5 Å². The Labute approximate surface area is 177 Å². The van der Waals surface area contributed by atoms with Gasteiger partial charge < -0.3 is 14.8 Å². The van der Waals surface area contributed by atoms with E-state index in [0.717, 1.165) is 45.9 Å². The Kier molecular flexibility index (Phi) is 5.25. The van der Waals surface area contributed by atoms with Crippen LogP contribution in [0.15, 0.2) is 66.7 Å². The highest BCUT2D eigenvalue weighted by Gasteiger charge is 2.60. The summed E-state index contributed by atoms with van der Waals surface area (Å²) in [5.41, 5.74) is 4.82. The van der Waals surface area contributed by atoms with Gasteiger partial charge in [0.25, 0.3) is 0 Å². The molecule has 3 aromatic rings. The van der Waals surface area contributed by atoms with Crippen molar-refractivity contribution in [2.75, 3.05) is 19.5 Å². The van der Waals surface area contributed by atoms with Crippen molar-refractivity contribution < 1.29 is 14.3 Å². The predicted molar refractivity (Wildman–Crippen MR) is 119 cm³/mol. The van der Waals surface area contributed by atoms with Gasteiger partial charge in [0, 0.05) is 11.1 Å². The number of amides is 1. The highest BCUT2D eigenvalue weighted by molar-refractivity contribution is 5.97. The first-order valence-corrected chi connectivity index (χ1v) is 10.1. The molecular weight excluding hydrogens is 374 g/mol. The van der Waals surface area contributed by atoms with Crippen LogP contribution in [0, 0.1) is 19.8 Å². The summed E-state index contributed by atoms with van der Waals surface area (Å²) in [4.78, 5) is 13.3. The fourth-order valence-electron chi connectivity index (χ4n) is 4.28. The largest absolute Gasteiger partial charge is 0.497 e. The average molecular weight is 402 g/mol. The van der Waals surface area contributed by atoms with E-state index in [2.05, 4.69) is 23.5 Å². The van der Waals surface area contributed by atoms with E-state index >= 15 is 0 Å². The molecule has 1 fully saturated rings. The molecule has 0 heterocycles. The molecule has 4 rings (SSSR count). The average Bonchev–Trinajstić information content (AvgIpc) is 3.54. The first-order valence-electron chi connectivity index (χ1n) is 10.1. The van der Waals surface area contributed by atoms with Crippen LogP contribution in [0.4, 0.5) is 5.69 Å². The Bertz CT molecular complexity index is 1040. The molecule has 1 saturated carbocycles. The first kappa shape index (κ1) is 20.0.